The molecule has 0 aliphatic heterocycles. The lowest BCUT2D eigenvalue weighted by Gasteiger charge is -2.05. The monoisotopic (exact) mass is 252 g/mol. The van der Waals surface area contributed by atoms with Gasteiger partial charge in [0.15, 0.2) is 5.82 Å². The van der Waals surface area contributed by atoms with Gasteiger partial charge in [0.05, 0.1) is 12.1 Å². The molecule has 1 aromatic heterocycles. The maximum Gasteiger partial charge on any atom is 0.166 e. The second kappa shape index (κ2) is 4.73. The summed E-state index contributed by atoms with van der Waals surface area (Å²) < 4.78 is 13.6. The second-order valence-corrected chi connectivity index (χ2v) is 3.89. The second-order valence-electron chi connectivity index (χ2n) is 3.45. The zero-order chi connectivity index (χ0) is 12.4. The molecule has 88 valence electrons. The Labute approximate surface area is 103 Å². The topological polar surface area (TPSA) is 64.7 Å². The van der Waals surface area contributed by atoms with E-state index in [4.69, 9.17) is 17.3 Å². The molecular weight excluding hydrogens is 243 g/mol. The molecule has 0 spiro atoms. The normalized spacial score (nSPS) is 10.6. The van der Waals surface area contributed by atoms with Crippen molar-refractivity contribution in [2.45, 2.75) is 13.5 Å². The van der Waals surface area contributed by atoms with Crippen LogP contribution in [0.3, 0.4) is 0 Å². The van der Waals surface area contributed by atoms with Gasteiger partial charge in [-0.2, -0.15) is 0 Å². The minimum absolute atomic E-state index is 0.179. The first kappa shape index (κ1) is 11.9. The molecular formula is C11H10ClFN4. The van der Waals surface area contributed by atoms with Crippen molar-refractivity contribution >= 4 is 11.6 Å². The Morgan fingerprint density at radius 2 is 2.06 bits per heavy atom. The molecule has 0 saturated heterocycles. The summed E-state index contributed by atoms with van der Waals surface area (Å²) >= 11 is 5.82. The van der Waals surface area contributed by atoms with E-state index < -0.39 is 5.82 Å². The molecule has 0 radical (unpaired) electrons. The van der Waals surface area contributed by atoms with Gasteiger partial charge in [0.2, 0.25) is 0 Å². The summed E-state index contributed by atoms with van der Waals surface area (Å²) in [5, 5.41) is 0.425. The Balaban J connectivity index is 2.59. The van der Waals surface area contributed by atoms with Gasteiger partial charge in [0.25, 0.3) is 0 Å². The SMILES string of the molecule is Cc1nc(CN)nc(-c2cc(Cl)ccc2F)n1. The fraction of sp³-hybridized carbons (Fsp3) is 0.182. The third-order valence-electron chi connectivity index (χ3n) is 2.15. The number of aromatic nitrogens is 3. The Hall–Kier alpha value is -1.59. The van der Waals surface area contributed by atoms with Crippen molar-refractivity contribution in [1.29, 1.82) is 0 Å². The summed E-state index contributed by atoms with van der Waals surface area (Å²) in [5.74, 6) is 0.739. The van der Waals surface area contributed by atoms with Crippen LogP contribution in [0.4, 0.5) is 4.39 Å². The lowest BCUT2D eigenvalue weighted by molar-refractivity contribution is 0.629. The fourth-order valence-corrected chi connectivity index (χ4v) is 1.59. The molecule has 6 heteroatoms. The Bertz CT molecular complexity index is 559. The molecule has 0 saturated carbocycles. The highest BCUT2D eigenvalue weighted by Gasteiger charge is 2.11. The number of benzene rings is 1. The predicted molar refractivity (Wildman–Crippen MR) is 62.9 cm³/mol. The maximum atomic E-state index is 13.6. The molecule has 0 aliphatic carbocycles. The van der Waals surface area contributed by atoms with Gasteiger partial charge in [-0.25, -0.2) is 19.3 Å². The number of aryl methyl sites for hydroxylation is 1. The molecule has 4 nitrogen and oxygen atoms in total. The quantitative estimate of drug-likeness (QED) is 0.889. The first-order valence-electron chi connectivity index (χ1n) is 4.97. The Morgan fingerprint density at radius 3 is 2.76 bits per heavy atom. The van der Waals surface area contributed by atoms with Gasteiger partial charge in [0.1, 0.15) is 17.5 Å². The molecule has 17 heavy (non-hydrogen) atoms. The van der Waals surface area contributed by atoms with Crippen molar-refractivity contribution in [1.82, 2.24) is 15.0 Å². The van der Waals surface area contributed by atoms with Gasteiger partial charge in [-0.05, 0) is 25.1 Å². The van der Waals surface area contributed by atoms with Crippen molar-refractivity contribution in [3.8, 4) is 11.4 Å². The molecule has 1 heterocycles. The highest BCUT2D eigenvalue weighted by atomic mass is 35.5. The van der Waals surface area contributed by atoms with Crippen LogP contribution in [0.5, 0.6) is 0 Å². The van der Waals surface area contributed by atoms with E-state index in [0.29, 0.717) is 16.7 Å². The van der Waals surface area contributed by atoms with E-state index in [-0.39, 0.29) is 17.9 Å². The highest BCUT2D eigenvalue weighted by molar-refractivity contribution is 6.30. The number of hydrogen-bond donors (Lipinski definition) is 1. The van der Waals surface area contributed by atoms with Gasteiger partial charge in [-0.1, -0.05) is 11.6 Å². The van der Waals surface area contributed by atoms with Gasteiger partial charge in [-0.3, -0.25) is 0 Å². The molecule has 0 amide bonds. The summed E-state index contributed by atoms with van der Waals surface area (Å²) in [6.07, 6.45) is 0. The lowest BCUT2D eigenvalue weighted by atomic mass is 10.2. The van der Waals surface area contributed by atoms with Gasteiger partial charge in [-0.15, -0.1) is 0 Å². The third-order valence-corrected chi connectivity index (χ3v) is 2.38. The first-order chi connectivity index (χ1) is 8.10. The van der Waals surface area contributed by atoms with Gasteiger partial charge in [0, 0.05) is 5.02 Å². The van der Waals surface area contributed by atoms with E-state index in [2.05, 4.69) is 15.0 Å². The lowest BCUT2D eigenvalue weighted by Crippen LogP contribution is -2.07. The van der Waals surface area contributed by atoms with Crippen LogP contribution < -0.4 is 5.73 Å². The van der Waals surface area contributed by atoms with E-state index >= 15 is 0 Å². The highest BCUT2D eigenvalue weighted by Crippen LogP contribution is 2.23. The van der Waals surface area contributed by atoms with Crippen molar-refractivity contribution in [2.24, 2.45) is 5.73 Å². The van der Waals surface area contributed by atoms with Crippen molar-refractivity contribution < 1.29 is 4.39 Å². The molecule has 0 atom stereocenters. The largest absolute Gasteiger partial charge is 0.324 e. The number of halogens is 2. The molecule has 1 aromatic carbocycles. The van der Waals surface area contributed by atoms with Crippen LogP contribution in [0, 0.1) is 12.7 Å². The average Bonchev–Trinajstić information content (AvgIpc) is 2.31. The van der Waals surface area contributed by atoms with Crippen LogP contribution in [0.15, 0.2) is 18.2 Å². The fourth-order valence-electron chi connectivity index (χ4n) is 1.42. The predicted octanol–water partition coefficient (Wildman–Crippen LogP) is 2.10. The number of hydrogen-bond acceptors (Lipinski definition) is 4. The molecule has 2 rings (SSSR count). The van der Waals surface area contributed by atoms with E-state index in [1.807, 2.05) is 0 Å². The molecule has 2 aromatic rings. The minimum Gasteiger partial charge on any atom is -0.324 e. The van der Waals surface area contributed by atoms with E-state index in [1.54, 1.807) is 6.92 Å². The Morgan fingerprint density at radius 1 is 1.29 bits per heavy atom. The summed E-state index contributed by atoms with van der Waals surface area (Å²) in [5.41, 5.74) is 5.71. The van der Waals surface area contributed by atoms with Crippen molar-refractivity contribution in [2.75, 3.05) is 0 Å². The first-order valence-corrected chi connectivity index (χ1v) is 5.35. The minimum atomic E-state index is -0.428. The van der Waals surface area contributed by atoms with Gasteiger partial charge >= 0.3 is 0 Å². The molecule has 2 N–H and O–H groups in total. The van der Waals surface area contributed by atoms with Crippen LogP contribution in [0.2, 0.25) is 5.02 Å². The summed E-state index contributed by atoms with van der Waals surface area (Å²) in [4.78, 5) is 12.2. The summed E-state index contributed by atoms with van der Waals surface area (Å²) in [6.45, 7) is 1.88. The number of rotatable bonds is 2. The number of nitrogens with zero attached hydrogens (tertiary/aromatic N) is 3. The van der Waals surface area contributed by atoms with E-state index in [0.717, 1.165) is 0 Å². The van der Waals surface area contributed by atoms with E-state index in [1.165, 1.54) is 18.2 Å². The average molecular weight is 253 g/mol. The van der Waals surface area contributed by atoms with Crippen molar-refractivity contribution in [3.05, 3.63) is 40.7 Å². The van der Waals surface area contributed by atoms with E-state index in [9.17, 15) is 4.39 Å². The van der Waals surface area contributed by atoms with Crippen LogP contribution in [0.1, 0.15) is 11.6 Å². The molecule has 0 aliphatic rings. The van der Waals surface area contributed by atoms with Crippen LogP contribution in [-0.4, -0.2) is 15.0 Å². The molecule has 0 bridgehead atoms. The van der Waals surface area contributed by atoms with Crippen molar-refractivity contribution in [3.63, 3.8) is 0 Å². The summed E-state index contributed by atoms with van der Waals surface area (Å²) in [7, 11) is 0. The van der Waals surface area contributed by atoms with Crippen LogP contribution in [-0.2, 0) is 6.54 Å². The zero-order valence-corrected chi connectivity index (χ0v) is 9.87. The van der Waals surface area contributed by atoms with Crippen LogP contribution in [0.25, 0.3) is 11.4 Å². The van der Waals surface area contributed by atoms with Gasteiger partial charge < -0.3 is 5.73 Å². The zero-order valence-electron chi connectivity index (χ0n) is 9.11. The summed E-state index contributed by atoms with van der Waals surface area (Å²) in [6, 6.07) is 4.23. The standard InChI is InChI=1S/C11H10ClFN4/c1-6-15-10(5-14)17-11(16-6)8-4-7(12)2-3-9(8)13/h2-4H,5,14H2,1H3. The smallest absolute Gasteiger partial charge is 0.166 e. The third kappa shape index (κ3) is 2.57. The number of nitrogens with two attached hydrogens (primary N) is 1. The molecule has 0 fully saturated rings. The van der Waals surface area contributed by atoms with Crippen LogP contribution >= 0.6 is 11.6 Å². The maximum absolute atomic E-state index is 13.6. The Kier molecular flexibility index (Phi) is 3.31. The molecule has 0 unspecified atom stereocenters.